The van der Waals surface area contributed by atoms with E-state index in [1.165, 1.54) is 18.3 Å². The number of ketones is 1. The Labute approximate surface area is 138 Å². The summed E-state index contributed by atoms with van der Waals surface area (Å²) in [5, 5.41) is 3.23. The van der Waals surface area contributed by atoms with Crippen molar-refractivity contribution in [3.8, 4) is 0 Å². The molecule has 0 saturated carbocycles. The summed E-state index contributed by atoms with van der Waals surface area (Å²) in [6.07, 6.45) is 0. The van der Waals surface area contributed by atoms with E-state index < -0.39 is 0 Å². The number of rotatable bonds is 3. The Morgan fingerprint density at radius 3 is 2.41 bits per heavy atom. The largest absolute Gasteiger partial charge is 0.298 e. The lowest BCUT2D eigenvalue weighted by atomic mass is 10.1. The molecule has 1 aromatic carbocycles. The summed E-state index contributed by atoms with van der Waals surface area (Å²) < 4.78 is 0.723. The summed E-state index contributed by atoms with van der Waals surface area (Å²) in [6.45, 7) is 1.49. The number of aromatic nitrogens is 2. The molecule has 7 heteroatoms. The van der Waals surface area contributed by atoms with Gasteiger partial charge in [0.25, 0.3) is 5.91 Å². The molecule has 2 aromatic heterocycles. The van der Waals surface area contributed by atoms with Crippen LogP contribution in [0.4, 0.5) is 5.13 Å². The lowest BCUT2D eigenvalue weighted by Gasteiger charge is -2.02. The van der Waals surface area contributed by atoms with Crippen molar-refractivity contribution in [2.24, 2.45) is 0 Å². The molecule has 0 saturated heterocycles. The second kappa shape index (κ2) is 5.94. The molecule has 5 nitrogen and oxygen atoms in total. The SMILES string of the molecule is CC(=O)c1ccc(C(=O)Nc2nc3ccc(Br)nc3s2)cc1. The quantitative estimate of drug-likeness (QED) is 0.556. The fraction of sp³-hybridized carbons (Fsp3) is 0.0667. The van der Waals surface area contributed by atoms with Crippen molar-refractivity contribution in [3.63, 3.8) is 0 Å². The highest BCUT2D eigenvalue weighted by Gasteiger charge is 2.11. The van der Waals surface area contributed by atoms with Crippen molar-refractivity contribution in [1.29, 1.82) is 0 Å². The zero-order valence-electron chi connectivity index (χ0n) is 11.5. The number of nitrogens with zero attached hydrogens (tertiary/aromatic N) is 2. The van der Waals surface area contributed by atoms with Crippen LogP contribution in [0.2, 0.25) is 0 Å². The maximum Gasteiger partial charge on any atom is 0.257 e. The summed E-state index contributed by atoms with van der Waals surface area (Å²) in [7, 11) is 0. The Morgan fingerprint density at radius 2 is 1.73 bits per heavy atom. The summed E-state index contributed by atoms with van der Waals surface area (Å²) in [4.78, 5) is 32.8. The van der Waals surface area contributed by atoms with Gasteiger partial charge >= 0.3 is 0 Å². The van der Waals surface area contributed by atoms with Gasteiger partial charge in [-0.1, -0.05) is 23.5 Å². The van der Waals surface area contributed by atoms with E-state index >= 15 is 0 Å². The number of thiazole rings is 1. The molecule has 0 aliphatic heterocycles. The van der Waals surface area contributed by atoms with Crippen LogP contribution in [0.15, 0.2) is 41.0 Å². The summed E-state index contributed by atoms with van der Waals surface area (Å²) in [6, 6.07) is 10.1. The first-order chi connectivity index (χ1) is 10.5. The Morgan fingerprint density at radius 1 is 1.05 bits per heavy atom. The maximum atomic E-state index is 12.2. The van der Waals surface area contributed by atoms with Gasteiger partial charge in [-0.15, -0.1) is 0 Å². The minimum Gasteiger partial charge on any atom is -0.298 e. The lowest BCUT2D eigenvalue weighted by molar-refractivity contribution is 0.101. The number of hydrogen-bond donors (Lipinski definition) is 1. The van der Waals surface area contributed by atoms with E-state index in [1.807, 2.05) is 6.07 Å². The van der Waals surface area contributed by atoms with Crippen molar-refractivity contribution < 1.29 is 9.59 Å². The zero-order chi connectivity index (χ0) is 15.7. The second-order valence-corrected chi connectivity index (χ2v) is 6.35. The monoisotopic (exact) mass is 375 g/mol. The minimum absolute atomic E-state index is 0.0326. The Balaban J connectivity index is 1.81. The molecule has 0 spiro atoms. The minimum atomic E-state index is -0.270. The van der Waals surface area contributed by atoms with Crippen molar-refractivity contribution in [3.05, 3.63) is 52.1 Å². The van der Waals surface area contributed by atoms with E-state index in [-0.39, 0.29) is 11.7 Å². The normalized spacial score (nSPS) is 10.6. The number of amides is 1. The maximum absolute atomic E-state index is 12.2. The van der Waals surface area contributed by atoms with Crippen LogP contribution in [0.5, 0.6) is 0 Å². The fourth-order valence-electron chi connectivity index (χ4n) is 1.87. The molecule has 0 bridgehead atoms. The van der Waals surface area contributed by atoms with E-state index in [0.717, 1.165) is 15.0 Å². The van der Waals surface area contributed by atoms with Gasteiger partial charge < -0.3 is 0 Å². The van der Waals surface area contributed by atoms with E-state index in [2.05, 4.69) is 31.2 Å². The Hall–Kier alpha value is -2.12. The highest BCUT2D eigenvalue weighted by atomic mass is 79.9. The number of carbonyl (C=O) groups is 2. The van der Waals surface area contributed by atoms with Gasteiger partial charge in [0.2, 0.25) is 0 Å². The van der Waals surface area contributed by atoms with Gasteiger partial charge in [-0.05, 0) is 47.1 Å². The van der Waals surface area contributed by atoms with E-state index in [9.17, 15) is 9.59 Å². The van der Waals surface area contributed by atoms with Gasteiger partial charge in [-0.25, -0.2) is 9.97 Å². The van der Waals surface area contributed by atoms with E-state index in [1.54, 1.807) is 30.3 Å². The van der Waals surface area contributed by atoms with Gasteiger partial charge in [-0.3, -0.25) is 14.9 Å². The first-order valence-corrected chi connectivity index (χ1v) is 7.99. The lowest BCUT2D eigenvalue weighted by Crippen LogP contribution is -2.11. The van der Waals surface area contributed by atoms with Gasteiger partial charge in [0.1, 0.15) is 15.0 Å². The highest BCUT2D eigenvalue weighted by molar-refractivity contribution is 9.10. The van der Waals surface area contributed by atoms with Gasteiger partial charge in [0, 0.05) is 11.1 Å². The number of pyridine rings is 1. The number of nitrogens with one attached hydrogen (secondary N) is 1. The van der Waals surface area contributed by atoms with Crippen molar-refractivity contribution in [2.75, 3.05) is 5.32 Å². The molecule has 1 amide bonds. The molecule has 22 heavy (non-hydrogen) atoms. The predicted molar refractivity (Wildman–Crippen MR) is 89.5 cm³/mol. The third-order valence-electron chi connectivity index (χ3n) is 3.00. The Kier molecular flexibility index (Phi) is 4.00. The molecule has 0 unspecified atom stereocenters. The molecular weight excluding hydrogens is 366 g/mol. The average Bonchev–Trinajstić information content (AvgIpc) is 2.88. The smallest absolute Gasteiger partial charge is 0.257 e. The fourth-order valence-corrected chi connectivity index (χ4v) is 3.13. The average molecular weight is 376 g/mol. The third kappa shape index (κ3) is 3.05. The van der Waals surface area contributed by atoms with E-state index in [0.29, 0.717) is 16.3 Å². The highest BCUT2D eigenvalue weighted by Crippen LogP contribution is 2.26. The number of anilines is 1. The van der Waals surface area contributed by atoms with Gasteiger partial charge in [-0.2, -0.15) is 0 Å². The second-order valence-electron chi connectivity index (χ2n) is 4.56. The van der Waals surface area contributed by atoms with Crippen LogP contribution < -0.4 is 5.32 Å². The molecule has 3 rings (SSSR count). The molecule has 0 fully saturated rings. The van der Waals surface area contributed by atoms with Crippen molar-refractivity contribution >= 4 is 54.4 Å². The van der Waals surface area contributed by atoms with Crippen LogP contribution in [0.1, 0.15) is 27.6 Å². The van der Waals surface area contributed by atoms with E-state index in [4.69, 9.17) is 0 Å². The molecule has 0 radical (unpaired) electrons. The first kappa shape index (κ1) is 14.8. The summed E-state index contributed by atoms with van der Waals surface area (Å²) >= 11 is 4.60. The van der Waals surface area contributed by atoms with Gasteiger partial charge in [0.05, 0.1) is 0 Å². The molecule has 3 aromatic rings. The number of hydrogen-bond acceptors (Lipinski definition) is 5. The standard InChI is InChI=1S/C15H10BrN3O2S/c1-8(20)9-2-4-10(5-3-9)13(21)19-15-17-11-6-7-12(16)18-14(11)22-15/h2-7H,1H3,(H,17,19,21). The van der Waals surface area contributed by atoms with Crippen molar-refractivity contribution in [1.82, 2.24) is 9.97 Å². The number of Topliss-reactive ketones (excluding diaryl/α,β-unsaturated/α-hetero) is 1. The number of halogens is 1. The van der Waals surface area contributed by atoms with Crippen LogP contribution in [-0.2, 0) is 0 Å². The van der Waals surface area contributed by atoms with Crippen LogP contribution in [0.25, 0.3) is 10.3 Å². The van der Waals surface area contributed by atoms with Crippen LogP contribution >= 0.6 is 27.3 Å². The molecule has 2 heterocycles. The van der Waals surface area contributed by atoms with Gasteiger partial charge in [0.15, 0.2) is 10.9 Å². The molecule has 0 aliphatic rings. The van der Waals surface area contributed by atoms with Crippen LogP contribution in [-0.4, -0.2) is 21.7 Å². The van der Waals surface area contributed by atoms with Crippen molar-refractivity contribution in [2.45, 2.75) is 6.92 Å². The van der Waals surface area contributed by atoms with Crippen LogP contribution in [0, 0.1) is 0 Å². The summed E-state index contributed by atoms with van der Waals surface area (Å²) in [5.74, 6) is -0.303. The number of carbonyl (C=O) groups excluding carboxylic acids is 2. The summed E-state index contributed by atoms with van der Waals surface area (Å²) in [5.41, 5.74) is 1.78. The van der Waals surface area contributed by atoms with Crippen LogP contribution in [0.3, 0.4) is 0 Å². The number of benzene rings is 1. The Bertz CT molecular complexity index is 874. The predicted octanol–water partition coefficient (Wildman–Crippen LogP) is 3.91. The number of fused-ring (bicyclic) bond motifs is 1. The molecule has 110 valence electrons. The molecule has 1 N–H and O–H groups in total. The zero-order valence-corrected chi connectivity index (χ0v) is 13.9. The first-order valence-electron chi connectivity index (χ1n) is 6.38. The molecular formula is C15H10BrN3O2S. The third-order valence-corrected chi connectivity index (χ3v) is 4.32. The topological polar surface area (TPSA) is 72.0 Å². The molecule has 0 aliphatic carbocycles. The molecule has 0 atom stereocenters.